The average Bonchev–Trinajstić information content (AvgIpc) is 2.28. The standard InChI is InChI=1S/C12H13Cl2NO2/c1-8(16)7-15-12(17)5-3-9-2-4-10(13)11(14)6-9/h2-6,8,16H,7H2,1H3,(H,15,17)/b5-3+/t8-/m1/s1. The summed E-state index contributed by atoms with van der Waals surface area (Å²) < 4.78 is 0. The zero-order valence-electron chi connectivity index (χ0n) is 9.28. The number of halogens is 2. The second-order valence-electron chi connectivity index (χ2n) is 3.60. The van der Waals surface area contributed by atoms with E-state index in [-0.39, 0.29) is 12.5 Å². The van der Waals surface area contributed by atoms with E-state index in [1.807, 2.05) is 0 Å². The Balaban J connectivity index is 2.58. The molecular formula is C12H13Cl2NO2. The first-order valence-corrected chi connectivity index (χ1v) is 5.83. The first-order valence-electron chi connectivity index (χ1n) is 5.08. The molecule has 17 heavy (non-hydrogen) atoms. The highest BCUT2D eigenvalue weighted by Gasteiger charge is 2.00. The van der Waals surface area contributed by atoms with Crippen LogP contribution in [0.5, 0.6) is 0 Å². The van der Waals surface area contributed by atoms with E-state index in [0.717, 1.165) is 5.56 Å². The molecule has 0 saturated heterocycles. The lowest BCUT2D eigenvalue weighted by Crippen LogP contribution is -2.28. The smallest absolute Gasteiger partial charge is 0.244 e. The van der Waals surface area contributed by atoms with Gasteiger partial charge in [0.05, 0.1) is 16.1 Å². The van der Waals surface area contributed by atoms with Gasteiger partial charge in [-0.1, -0.05) is 29.3 Å². The van der Waals surface area contributed by atoms with Crippen molar-refractivity contribution in [2.45, 2.75) is 13.0 Å². The molecule has 1 rings (SSSR count). The lowest BCUT2D eigenvalue weighted by Gasteiger charge is -2.03. The van der Waals surface area contributed by atoms with Crippen LogP contribution in [0.3, 0.4) is 0 Å². The van der Waals surface area contributed by atoms with Crippen LogP contribution in [0.25, 0.3) is 6.08 Å². The minimum absolute atomic E-state index is 0.227. The number of nitrogens with one attached hydrogen (secondary N) is 1. The van der Waals surface area contributed by atoms with Crippen LogP contribution in [0.4, 0.5) is 0 Å². The molecule has 1 atom stereocenters. The number of rotatable bonds is 4. The molecule has 3 nitrogen and oxygen atoms in total. The molecule has 0 aliphatic rings. The maximum atomic E-state index is 11.3. The zero-order chi connectivity index (χ0) is 12.8. The van der Waals surface area contributed by atoms with Gasteiger partial charge >= 0.3 is 0 Å². The van der Waals surface area contributed by atoms with E-state index >= 15 is 0 Å². The second-order valence-corrected chi connectivity index (χ2v) is 4.42. The van der Waals surface area contributed by atoms with Crippen molar-refractivity contribution in [2.75, 3.05) is 6.54 Å². The van der Waals surface area contributed by atoms with Gasteiger partial charge in [-0.05, 0) is 30.7 Å². The highest BCUT2D eigenvalue weighted by Crippen LogP contribution is 2.22. The molecule has 5 heteroatoms. The van der Waals surface area contributed by atoms with E-state index in [2.05, 4.69) is 5.32 Å². The summed E-state index contributed by atoms with van der Waals surface area (Å²) in [4.78, 5) is 11.3. The van der Waals surface area contributed by atoms with Crippen molar-refractivity contribution in [2.24, 2.45) is 0 Å². The van der Waals surface area contributed by atoms with Crippen molar-refractivity contribution in [1.29, 1.82) is 0 Å². The Kier molecular flexibility index (Phi) is 5.48. The van der Waals surface area contributed by atoms with Crippen molar-refractivity contribution < 1.29 is 9.90 Å². The minimum atomic E-state index is -0.558. The summed E-state index contributed by atoms with van der Waals surface area (Å²) in [6.45, 7) is 1.83. The summed E-state index contributed by atoms with van der Waals surface area (Å²) in [7, 11) is 0. The predicted molar refractivity (Wildman–Crippen MR) is 70.2 cm³/mol. The van der Waals surface area contributed by atoms with Gasteiger partial charge in [0.1, 0.15) is 0 Å². The van der Waals surface area contributed by atoms with E-state index in [1.54, 1.807) is 31.2 Å². The Bertz CT molecular complexity index is 431. The number of carbonyl (C=O) groups excluding carboxylic acids is 1. The van der Waals surface area contributed by atoms with Crippen LogP contribution in [0, 0.1) is 0 Å². The first kappa shape index (κ1) is 14.0. The van der Waals surface area contributed by atoms with Gasteiger partial charge in [0, 0.05) is 12.6 Å². The molecule has 0 bridgehead atoms. The third-order valence-corrected chi connectivity index (χ3v) is 2.68. The number of hydrogen-bond donors (Lipinski definition) is 2. The summed E-state index contributed by atoms with van der Waals surface area (Å²) in [5.41, 5.74) is 0.784. The Labute approximate surface area is 110 Å². The summed E-state index contributed by atoms with van der Waals surface area (Å²) in [6, 6.07) is 5.09. The molecule has 0 unspecified atom stereocenters. The molecule has 0 aliphatic heterocycles. The van der Waals surface area contributed by atoms with Crippen LogP contribution in [-0.4, -0.2) is 23.7 Å². The van der Waals surface area contributed by atoms with Crippen LogP contribution < -0.4 is 5.32 Å². The van der Waals surface area contributed by atoms with E-state index < -0.39 is 6.10 Å². The molecule has 0 fully saturated rings. The maximum absolute atomic E-state index is 11.3. The number of carbonyl (C=O) groups is 1. The first-order chi connectivity index (χ1) is 7.99. The highest BCUT2D eigenvalue weighted by atomic mass is 35.5. The van der Waals surface area contributed by atoms with Crippen LogP contribution in [0.15, 0.2) is 24.3 Å². The number of amides is 1. The van der Waals surface area contributed by atoms with Crippen LogP contribution in [-0.2, 0) is 4.79 Å². The molecule has 1 aromatic carbocycles. The van der Waals surface area contributed by atoms with Crippen LogP contribution in [0.1, 0.15) is 12.5 Å². The van der Waals surface area contributed by atoms with Crippen LogP contribution >= 0.6 is 23.2 Å². The minimum Gasteiger partial charge on any atom is -0.392 e. The molecule has 0 radical (unpaired) electrons. The van der Waals surface area contributed by atoms with Gasteiger partial charge in [0.15, 0.2) is 0 Å². The molecule has 1 amide bonds. The van der Waals surface area contributed by atoms with E-state index in [1.165, 1.54) is 6.08 Å². The van der Waals surface area contributed by atoms with Crippen LogP contribution in [0.2, 0.25) is 10.0 Å². The van der Waals surface area contributed by atoms with Crippen molar-refractivity contribution in [3.63, 3.8) is 0 Å². The Morgan fingerprint density at radius 2 is 2.18 bits per heavy atom. The third-order valence-electron chi connectivity index (χ3n) is 1.94. The molecule has 0 heterocycles. The SMILES string of the molecule is C[C@@H](O)CNC(=O)/C=C/c1ccc(Cl)c(Cl)c1. The topological polar surface area (TPSA) is 49.3 Å². The quantitative estimate of drug-likeness (QED) is 0.829. The van der Waals surface area contributed by atoms with E-state index in [9.17, 15) is 4.79 Å². The maximum Gasteiger partial charge on any atom is 0.244 e. The number of aliphatic hydroxyl groups excluding tert-OH is 1. The third kappa shape index (κ3) is 5.22. The summed E-state index contributed by atoms with van der Waals surface area (Å²) >= 11 is 11.6. The molecule has 0 saturated carbocycles. The van der Waals surface area contributed by atoms with Gasteiger partial charge in [-0.3, -0.25) is 4.79 Å². The Morgan fingerprint density at radius 3 is 2.76 bits per heavy atom. The molecule has 2 N–H and O–H groups in total. The molecule has 0 spiro atoms. The van der Waals surface area contributed by atoms with Crippen molar-refractivity contribution in [3.8, 4) is 0 Å². The monoisotopic (exact) mass is 273 g/mol. The van der Waals surface area contributed by atoms with Crippen molar-refractivity contribution >= 4 is 35.2 Å². The Hall–Kier alpha value is -1.03. The van der Waals surface area contributed by atoms with Crippen molar-refractivity contribution in [1.82, 2.24) is 5.32 Å². The number of aliphatic hydroxyl groups is 1. The fourth-order valence-electron chi connectivity index (χ4n) is 1.10. The second kappa shape index (κ2) is 6.64. The fraction of sp³-hybridized carbons (Fsp3) is 0.250. The van der Waals surface area contributed by atoms with Gasteiger partial charge in [0.25, 0.3) is 0 Å². The summed E-state index contributed by atoms with van der Waals surface area (Å²) in [5, 5.41) is 12.4. The lowest BCUT2D eigenvalue weighted by molar-refractivity contribution is -0.116. The van der Waals surface area contributed by atoms with Gasteiger partial charge in [-0.25, -0.2) is 0 Å². The normalized spacial score (nSPS) is 12.7. The van der Waals surface area contributed by atoms with Crippen molar-refractivity contribution in [3.05, 3.63) is 39.9 Å². The van der Waals surface area contributed by atoms with E-state index in [4.69, 9.17) is 28.3 Å². The molecule has 92 valence electrons. The number of benzene rings is 1. The zero-order valence-corrected chi connectivity index (χ0v) is 10.8. The summed E-state index contributed by atoms with van der Waals surface area (Å²) in [6.07, 6.45) is 2.44. The molecule has 0 aromatic heterocycles. The molecular weight excluding hydrogens is 261 g/mol. The average molecular weight is 274 g/mol. The van der Waals surface area contributed by atoms with Gasteiger partial charge < -0.3 is 10.4 Å². The Morgan fingerprint density at radius 1 is 1.47 bits per heavy atom. The number of hydrogen-bond acceptors (Lipinski definition) is 2. The lowest BCUT2D eigenvalue weighted by atomic mass is 10.2. The van der Waals surface area contributed by atoms with Gasteiger partial charge in [0.2, 0.25) is 5.91 Å². The fourth-order valence-corrected chi connectivity index (χ4v) is 1.40. The predicted octanol–water partition coefficient (Wildman–Crippen LogP) is 2.50. The van der Waals surface area contributed by atoms with Gasteiger partial charge in [-0.2, -0.15) is 0 Å². The van der Waals surface area contributed by atoms with Gasteiger partial charge in [-0.15, -0.1) is 0 Å². The van der Waals surface area contributed by atoms with E-state index in [0.29, 0.717) is 10.0 Å². The molecule has 0 aliphatic carbocycles. The molecule has 1 aromatic rings. The summed E-state index contributed by atoms with van der Waals surface area (Å²) in [5.74, 6) is -0.267. The largest absolute Gasteiger partial charge is 0.392 e. The highest BCUT2D eigenvalue weighted by molar-refractivity contribution is 6.42.